The van der Waals surface area contributed by atoms with Crippen LogP contribution in [0, 0.1) is 13.8 Å². The van der Waals surface area contributed by atoms with Crippen molar-refractivity contribution < 1.29 is 4.79 Å². The second-order valence-corrected chi connectivity index (χ2v) is 4.98. The molecular weight excluding hydrogens is 212 g/mol. The predicted octanol–water partition coefficient (Wildman–Crippen LogP) is 1.41. The van der Waals surface area contributed by atoms with Gasteiger partial charge in [-0.25, -0.2) is 0 Å². The number of aryl methyl sites for hydroxylation is 2. The fourth-order valence-electron chi connectivity index (χ4n) is 2.21. The molecule has 1 amide bonds. The minimum absolute atomic E-state index is 0.165. The minimum atomic E-state index is 0.165. The lowest BCUT2D eigenvalue weighted by Gasteiger charge is -2.16. The van der Waals surface area contributed by atoms with Crippen LogP contribution in [-0.2, 0) is 11.2 Å². The third kappa shape index (κ3) is 2.86. The van der Waals surface area contributed by atoms with Gasteiger partial charge in [0.15, 0.2) is 0 Å². The molecule has 0 bridgehead atoms. The van der Waals surface area contributed by atoms with Gasteiger partial charge in [-0.05, 0) is 37.0 Å². The van der Waals surface area contributed by atoms with E-state index in [2.05, 4.69) is 26.0 Å². The Hall–Kier alpha value is -1.35. The highest BCUT2D eigenvalue weighted by Crippen LogP contribution is 2.13. The SMILES string of the molecule is Cc1ccc(CC(=O)N2CC[C@H](N)C2)cc1C. The van der Waals surface area contributed by atoms with Gasteiger partial charge in [-0.3, -0.25) is 4.79 Å². The van der Waals surface area contributed by atoms with Gasteiger partial charge < -0.3 is 10.6 Å². The predicted molar refractivity (Wildman–Crippen MR) is 68.8 cm³/mol. The molecule has 0 spiro atoms. The van der Waals surface area contributed by atoms with Crippen molar-refractivity contribution >= 4 is 5.91 Å². The molecule has 3 heteroatoms. The molecule has 2 rings (SSSR count). The van der Waals surface area contributed by atoms with Crippen LogP contribution in [0.25, 0.3) is 0 Å². The van der Waals surface area contributed by atoms with Crippen molar-refractivity contribution in [3.63, 3.8) is 0 Å². The van der Waals surface area contributed by atoms with E-state index in [1.165, 1.54) is 11.1 Å². The van der Waals surface area contributed by atoms with Gasteiger partial charge in [-0.15, -0.1) is 0 Å². The highest BCUT2D eigenvalue weighted by molar-refractivity contribution is 5.79. The molecule has 1 saturated heterocycles. The van der Waals surface area contributed by atoms with E-state index >= 15 is 0 Å². The molecule has 92 valence electrons. The molecule has 1 aromatic rings. The number of benzene rings is 1. The second-order valence-electron chi connectivity index (χ2n) is 4.98. The molecule has 1 aliphatic rings. The summed E-state index contributed by atoms with van der Waals surface area (Å²) in [6.07, 6.45) is 1.42. The minimum Gasteiger partial charge on any atom is -0.341 e. The molecule has 0 radical (unpaired) electrons. The van der Waals surface area contributed by atoms with E-state index in [1.807, 2.05) is 11.0 Å². The highest BCUT2D eigenvalue weighted by atomic mass is 16.2. The van der Waals surface area contributed by atoms with Gasteiger partial charge >= 0.3 is 0 Å². The molecule has 17 heavy (non-hydrogen) atoms. The Morgan fingerprint density at radius 3 is 2.76 bits per heavy atom. The number of nitrogens with zero attached hydrogens (tertiary/aromatic N) is 1. The van der Waals surface area contributed by atoms with Gasteiger partial charge in [0, 0.05) is 19.1 Å². The van der Waals surface area contributed by atoms with Gasteiger partial charge in [-0.1, -0.05) is 18.2 Å². The summed E-state index contributed by atoms with van der Waals surface area (Å²) in [6.45, 7) is 5.68. The first kappa shape index (κ1) is 12.1. The van der Waals surface area contributed by atoms with Crippen LogP contribution < -0.4 is 5.73 Å². The average molecular weight is 232 g/mol. The second kappa shape index (κ2) is 4.88. The van der Waals surface area contributed by atoms with Gasteiger partial charge in [0.1, 0.15) is 0 Å². The van der Waals surface area contributed by atoms with Crippen LogP contribution in [0.3, 0.4) is 0 Å². The van der Waals surface area contributed by atoms with Crippen LogP contribution in [0.2, 0.25) is 0 Å². The lowest BCUT2D eigenvalue weighted by atomic mass is 10.0. The van der Waals surface area contributed by atoms with Crippen molar-refractivity contribution in [2.75, 3.05) is 13.1 Å². The van der Waals surface area contributed by atoms with Crippen molar-refractivity contribution in [1.29, 1.82) is 0 Å². The topological polar surface area (TPSA) is 46.3 Å². The molecule has 1 fully saturated rings. The Morgan fingerprint density at radius 2 is 2.18 bits per heavy atom. The fraction of sp³-hybridized carbons (Fsp3) is 0.500. The van der Waals surface area contributed by atoms with Crippen LogP contribution >= 0.6 is 0 Å². The molecular formula is C14H20N2O. The van der Waals surface area contributed by atoms with Crippen LogP contribution in [0.1, 0.15) is 23.1 Å². The number of likely N-dealkylation sites (tertiary alicyclic amines) is 1. The summed E-state index contributed by atoms with van der Waals surface area (Å²) in [5, 5.41) is 0. The summed E-state index contributed by atoms with van der Waals surface area (Å²) >= 11 is 0. The van der Waals surface area contributed by atoms with Gasteiger partial charge in [0.25, 0.3) is 0 Å². The number of hydrogen-bond acceptors (Lipinski definition) is 2. The standard InChI is InChI=1S/C14H20N2O/c1-10-3-4-12(7-11(10)2)8-14(17)16-6-5-13(15)9-16/h3-4,7,13H,5-6,8-9,15H2,1-2H3/t13-/m0/s1. The van der Waals surface area contributed by atoms with Crippen molar-refractivity contribution in [1.82, 2.24) is 4.90 Å². The summed E-state index contributed by atoms with van der Waals surface area (Å²) in [4.78, 5) is 13.9. The third-order valence-corrected chi connectivity index (χ3v) is 3.50. The maximum absolute atomic E-state index is 12.0. The van der Waals surface area contributed by atoms with E-state index in [0.717, 1.165) is 18.5 Å². The number of carbonyl (C=O) groups excluding carboxylic acids is 1. The summed E-state index contributed by atoms with van der Waals surface area (Å²) in [6, 6.07) is 6.38. The van der Waals surface area contributed by atoms with Crippen molar-refractivity contribution in [2.24, 2.45) is 5.73 Å². The molecule has 0 saturated carbocycles. The van der Waals surface area contributed by atoms with Crippen molar-refractivity contribution in [3.05, 3.63) is 34.9 Å². The Morgan fingerprint density at radius 1 is 1.41 bits per heavy atom. The molecule has 0 unspecified atom stereocenters. The van der Waals surface area contributed by atoms with Crippen LogP contribution in [0.4, 0.5) is 0 Å². The number of nitrogens with two attached hydrogens (primary N) is 1. The lowest BCUT2D eigenvalue weighted by Crippen LogP contribution is -2.32. The molecule has 1 atom stereocenters. The number of hydrogen-bond donors (Lipinski definition) is 1. The summed E-state index contributed by atoms with van der Waals surface area (Å²) in [7, 11) is 0. The first-order chi connectivity index (χ1) is 8.06. The van der Waals surface area contributed by atoms with E-state index in [1.54, 1.807) is 0 Å². The first-order valence-electron chi connectivity index (χ1n) is 6.16. The van der Waals surface area contributed by atoms with Gasteiger partial charge in [0.2, 0.25) is 5.91 Å². The zero-order valence-corrected chi connectivity index (χ0v) is 10.6. The number of rotatable bonds is 2. The molecule has 2 N–H and O–H groups in total. The average Bonchev–Trinajstić information content (AvgIpc) is 2.70. The van der Waals surface area contributed by atoms with E-state index in [-0.39, 0.29) is 11.9 Å². The number of amides is 1. The summed E-state index contributed by atoms with van der Waals surface area (Å²) < 4.78 is 0. The Kier molecular flexibility index (Phi) is 3.48. The Labute approximate surface area is 103 Å². The van der Waals surface area contributed by atoms with Crippen LogP contribution in [-0.4, -0.2) is 29.9 Å². The quantitative estimate of drug-likeness (QED) is 0.838. The Bertz CT molecular complexity index is 428. The number of carbonyl (C=O) groups is 1. The maximum Gasteiger partial charge on any atom is 0.227 e. The zero-order valence-electron chi connectivity index (χ0n) is 10.6. The smallest absolute Gasteiger partial charge is 0.227 e. The first-order valence-corrected chi connectivity index (χ1v) is 6.16. The fourth-order valence-corrected chi connectivity index (χ4v) is 2.21. The molecule has 0 aliphatic carbocycles. The Balaban J connectivity index is 2.00. The van der Waals surface area contributed by atoms with E-state index in [9.17, 15) is 4.79 Å². The summed E-state index contributed by atoms with van der Waals surface area (Å²) in [5.41, 5.74) is 9.41. The van der Waals surface area contributed by atoms with E-state index in [4.69, 9.17) is 5.73 Å². The van der Waals surface area contributed by atoms with Crippen molar-refractivity contribution in [2.45, 2.75) is 32.7 Å². The molecule has 1 heterocycles. The summed E-state index contributed by atoms with van der Waals surface area (Å²) in [5.74, 6) is 0.196. The van der Waals surface area contributed by atoms with E-state index < -0.39 is 0 Å². The highest BCUT2D eigenvalue weighted by Gasteiger charge is 2.23. The monoisotopic (exact) mass is 232 g/mol. The van der Waals surface area contributed by atoms with Gasteiger partial charge in [-0.2, -0.15) is 0 Å². The molecule has 1 aromatic carbocycles. The van der Waals surface area contributed by atoms with Crippen LogP contribution in [0.5, 0.6) is 0 Å². The molecule has 1 aliphatic heterocycles. The third-order valence-electron chi connectivity index (χ3n) is 3.50. The van der Waals surface area contributed by atoms with Crippen LogP contribution in [0.15, 0.2) is 18.2 Å². The van der Waals surface area contributed by atoms with Gasteiger partial charge in [0.05, 0.1) is 6.42 Å². The normalized spacial score (nSPS) is 19.7. The maximum atomic E-state index is 12.0. The van der Waals surface area contributed by atoms with Crippen molar-refractivity contribution in [3.8, 4) is 0 Å². The molecule has 0 aromatic heterocycles. The largest absolute Gasteiger partial charge is 0.341 e. The zero-order chi connectivity index (χ0) is 12.4. The lowest BCUT2D eigenvalue weighted by molar-refractivity contribution is -0.129. The molecule has 3 nitrogen and oxygen atoms in total. The van der Waals surface area contributed by atoms with E-state index in [0.29, 0.717) is 13.0 Å².